The first-order valence-electron chi connectivity index (χ1n) is 7.96. The molecule has 0 atom stereocenters. The molecule has 7 nitrogen and oxygen atoms in total. The number of halogens is 1. The SMILES string of the molecule is Cc1nc2c(c(=O)n(CCCO)c(=O)n2C)n1Cc1ccc(Cl)cc1. The summed E-state index contributed by atoms with van der Waals surface area (Å²) < 4.78 is 4.33. The highest BCUT2D eigenvalue weighted by atomic mass is 35.5. The molecule has 0 amide bonds. The van der Waals surface area contributed by atoms with E-state index in [2.05, 4.69) is 4.98 Å². The maximum absolute atomic E-state index is 12.9. The van der Waals surface area contributed by atoms with Crippen LogP contribution in [-0.4, -0.2) is 30.4 Å². The molecule has 0 bridgehead atoms. The molecule has 1 N–H and O–H groups in total. The molecule has 0 aliphatic rings. The maximum Gasteiger partial charge on any atom is 0.332 e. The third-order valence-corrected chi connectivity index (χ3v) is 4.47. The van der Waals surface area contributed by atoms with Gasteiger partial charge in [0.15, 0.2) is 11.2 Å². The lowest BCUT2D eigenvalue weighted by atomic mass is 10.2. The van der Waals surface area contributed by atoms with Crippen LogP contribution in [0.4, 0.5) is 0 Å². The lowest BCUT2D eigenvalue weighted by Crippen LogP contribution is -2.39. The Morgan fingerprint density at radius 2 is 1.84 bits per heavy atom. The molecule has 0 spiro atoms. The summed E-state index contributed by atoms with van der Waals surface area (Å²) in [6.07, 6.45) is 0.338. The van der Waals surface area contributed by atoms with Gasteiger partial charge in [-0.2, -0.15) is 0 Å². The first-order valence-corrected chi connectivity index (χ1v) is 8.33. The van der Waals surface area contributed by atoms with Crippen LogP contribution in [0.25, 0.3) is 11.2 Å². The first kappa shape index (κ1) is 17.4. The molecule has 2 heterocycles. The van der Waals surface area contributed by atoms with Crippen molar-refractivity contribution in [1.82, 2.24) is 18.7 Å². The van der Waals surface area contributed by atoms with Gasteiger partial charge in [-0.1, -0.05) is 23.7 Å². The Labute approximate surface area is 148 Å². The van der Waals surface area contributed by atoms with E-state index in [4.69, 9.17) is 16.7 Å². The van der Waals surface area contributed by atoms with E-state index < -0.39 is 5.69 Å². The fraction of sp³-hybridized carbons (Fsp3) is 0.353. The van der Waals surface area contributed by atoms with Crippen molar-refractivity contribution in [2.45, 2.75) is 26.4 Å². The Hall–Kier alpha value is -2.38. The number of benzene rings is 1. The third-order valence-electron chi connectivity index (χ3n) is 4.22. The zero-order chi connectivity index (χ0) is 18.1. The molecule has 0 unspecified atom stereocenters. The van der Waals surface area contributed by atoms with Crippen LogP contribution >= 0.6 is 11.6 Å². The van der Waals surface area contributed by atoms with E-state index in [1.807, 2.05) is 12.1 Å². The van der Waals surface area contributed by atoms with E-state index in [0.29, 0.717) is 35.0 Å². The van der Waals surface area contributed by atoms with Crippen molar-refractivity contribution in [3.63, 3.8) is 0 Å². The van der Waals surface area contributed by atoms with Crippen LogP contribution in [0.1, 0.15) is 17.8 Å². The highest BCUT2D eigenvalue weighted by molar-refractivity contribution is 6.30. The molecule has 0 aliphatic heterocycles. The largest absolute Gasteiger partial charge is 0.396 e. The summed E-state index contributed by atoms with van der Waals surface area (Å²) in [4.78, 5) is 29.7. The summed E-state index contributed by atoms with van der Waals surface area (Å²) in [6, 6.07) is 7.36. The summed E-state index contributed by atoms with van der Waals surface area (Å²) in [5.74, 6) is 0.650. The molecule has 8 heteroatoms. The fourth-order valence-corrected chi connectivity index (χ4v) is 3.00. The van der Waals surface area contributed by atoms with E-state index >= 15 is 0 Å². The molecular weight excluding hydrogens is 344 g/mol. The number of aliphatic hydroxyl groups excluding tert-OH is 1. The van der Waals surface area contributed by atoms with Gasteiger partial charge in [0.1, 0.15) is 5.82 Å². The summed E-state index contributed by atoms with van der Waals surface area (Å²) in [5.41, 5.74) is 0.902. The molecule has 0 saturated carbocycles. The summed E-state index contributed by atoms with van der Waals surface area (Å²) in [5, 5.41) is 9.66. The molecule has 132 valence electrons. The predicted octanol–water partition coefficient (Wildman–Crippen LogP) is 1.29. The second kappa shape index (κ2) is 6.85. The summed E-state index contributed by atoms with van der Waals surface area (Å²) >= 11 is 5.92. The highest BCUT2D eigenvalue weighted by Crippen LogP contribution is 2.15. The second-order valence-corrected chi connectivity index (χ2v) is 6.36. The van der Waals surface area contributed by atoms with Crippen molar-refractivity contribution in [3.05, 3.63) is 61.5 Å². The summed E-state index contributed by atoms with van der Waals surface area (Å²) in [7, 11) is 1.60. The van der Waals surface area contributed by atoms with Crippen LogP contribution in [0.3, 0.4) is 0 Å². The minimum absolute atomic E-state index is 0.0866. The molecular formula is C17H19ClN4O3. The normalized spacial score (nSPS) is 11.4. The van der Waals surface area contributed by atoms with Crippen molar-refractivity contribution < 1.29 is 5.11 Å². The minimum Gasteiger partial charge on any atom is -0.396 e. The van der Waals surface area contributed by atoms with Gasteiger partial charge in [0.2, 0.25) is 0 Å². The molecule has 2 aromatic heterocycles. The molecule has 3 rings (SSSR count). The number of aryl methyl sites for hydroxylation is 2. The molecule has 1 aromatic carbocycles. The maximum atomic E-state index is 12.9. The Kier molecular flexibility index (Phi) is 4.78. The van der Waals surface area contributed by atoms with E-state index in [1.165, 1.54) is 4.57 Å². The molecule has 25 heavy (non-hydrogen) atoms. The van der Waals surface area contributed by atoms with Crippen molar-refractivity contribution in [1.29, 1.82) is 0 Å². The van der Waals surface area contributed by atoms with Crippen LogP contribution < -0.4 is 11.2 Å². The molecule has 0 fully saturated rings. The standard InChI is InChI=1S/C17H19ClN4O3/c1-11-19-15-14(22(11)10-12-4-6-13(18)7-5-12)16(24)21(8-3-9-23)17(25)20(15)2/h4-7,23H,3,8-10H2,1-2H3. The zero-order valence-electron chi connectivity index (χ0n) is 14.1. The van der Waals surface area contributed by atoms with Gasteiger partial charge in [-0.15, -0.1) is 0 Å². The van der Waals surface area contributed by atoms with Crippen LogP contribution in [0.5, 0.6) is 0 Å². The molecule has 0 saturated heterocycles. The second-order valence-electron chi connectivity index (χ2n) is 5.92. The average Bonchev–Trinajstić information content (AvgIpc) is 2.92. The predicted molar refractivity (Wildman–Crippen MR) is 96.2 cm³/mol. The van der Waals surface area contributed by atoms with Gasteiger partial charge in [-0.3, -0.25) is 13.9 Å². The number of hydrogen-bond donors (Lipinski definition) is 1. The highest BCUT2D eigenvalue weighted by Gasteiger charge is 2.18. The van der Waals surface area contributed by atoms with Gasteiger partial charge in [0, 0.05) is 31.8 Å². The van der Waals surface area contributed by atoms with Crippen molar-refractivity contribution in [2.75, 3.05) is 6.61 Å². The third kappa shape index (κ3) is 3.12. The number of aromatic nitrogens is 4. The monoisotopic (exact) mass is 362 g/mol. The summed E-state index contributed by atoms with van der Waals surface area (Å²) in [6.45, 7) is 2.34. The number of rotatable bonds is 5. The number of aliphatic hydroxyl groups is 1. The topological polar surface area (TPSA) is 82.1 Å². The van der Waals surface area contributed by atoms with E-state index in [9.17, 15) is 9.59 Å². The Balaban J connectivity index is 2.20. The van der Waals surface area contributed by atoms with Crippen LogP contribution in [0, 0.1) is 6.92 Å². The van der Waals surface area contributed by atoms with Gasteiger partial charge in [-0.05, 0) is 31.0 Å². The lowest BCUT2D eigenvalue weighted by molar-refractivity contribution is 0.277. The van der Waals surface area contributed by atoms with Gasteiger partial charge >= 0.3 is 5.69 Å². The Bertz CT molecular complexity index is 1030. The van der Waals surface area contributed by atoms with Crippen LogP contribution in [0.2, 0.25) is 5.02 Å². The Morgan fingerprint density at radius 3 is 2.48 bits per heavy atom. The number of imidazole rings is 1. The van der Waals surface area contributed by atoms with E-state index in [0.717, 1.165) is 10.1 Å². The average molecular weight is 363 g/mol. The molecule has 0 radical (unpaired) electrons. The van der Waals surface area contributed by atoms with Gasteiger partial charge in [0.05, 0.1) is 0 Å². The van der Waals surface area contributed by atoms with Crippen molar-refractivity contribution in [2.24, 2.45) is 7.05 Å². The molecule has 0 aliphatic carbocycles. The van der Waals surface area contributed by atoms with Crippen LogP contribution in [-0.2, 0) is 20.1 Å². The quantitative estimate of drug-likeness (QED) is 0.741. The fourth-order valence-electron chi connectivity index (χ4n) is 2.87. The zero-order valence-corrected chi connectivity index (χ0v) is 14.8. The molecule has 3 aromatic rings. The number of hydrogen-bond acceptors (Lipinski definition) is 4. The van der Waals surface area contributed by atoms with E-state index in [1.54, 1.807) is 30.7 Å². The van der Waals surface area contributed by atoms with Gasteiger partial charge in [0.25, 0.3) is 5.56 Å². The lowest BCUT2D eigenvalue weighted by Gasteiger charge is -2.10. The van der Waals surface area contributed by atoms with Gasteiger partial charge < -0.3 is 9.67 Å². The number of nitrogens with zero attached hydrogens (tertiary/aromatic N) is 4. The minimum atomic E-state index is -0.429. The number of fused-ring (bicyclic) bond motifs is 1. The van der Waals surface area contributed by atoms with Crippen molar-refractivity contribution in [3.8, 4) is 0 Å². The first-order chi connectivity index (χ1) is 11.9. The Morgan fingerprint density at radius 1 is 1.16 bits per heavy atom. The van der Waals surface area contributed by atoms with E-state index in [-0.39, 0.29) is 18.7 Å². The van der Waals surface area contributed by atoms with Crippen molar-refractivity contribution >= 4 is 22.8 Å². The smallest absolute Gasteiger partial charge is 0.332 e. The van der Waals surface area contributed by atoms with Crippen LogP contribution in [0.15, 0.2) is 33.9 Å². The van der Waals surface area contributed by atoms with Gasteiger partial charge in [-0.25, -0.2) is 9.78 Å².